The number of allylic oxidation sites excluding steroid dienone is 2. The number of aliphatic carboxylic acids is 3. The van der Waals surface area contributed by atoms with Crippen LogP contribution in [0.4, 0.5) is 0 Å². The first-order chi connectivity index (χ1) is 21.9. The lowest BCUT2D eigenvalue weighted by molar-refractivity contribution is -0.152. The molecular weight excluding hydrogens is 590 g/mol. The Bertz CT molecular complexity index is 1150. The highest BCUT2D eigenvalue weighted by molar-refractivity contribution is 5.91. The van der Waals surface area contributed by atoms with Crippen molar-refractivity contribution in [2.45, 2.75) is 117 Å². The standard InChI is InChI=1S/C36H53NO9/c1-4-5-6-9-12-15-28(38)16-13-10-7-8-11-14-17-30(31(35(42)43)25-33(39)40)34(41)37-32(36(44)45)24-27-18-20-29(21-19-27)46-23-22-26(2)3/h14,17-22,30-32H,4-13,15-16,23-25H2,1-3H3,(H,37,41)(H,39,40)(H,42,43)(H,44,45)/b17-14+/t30?,31-,32?/m1/s1. The topological polar surface area (TPSA) is 167 Å². The second-order valence-electron chi connectivity index (χ2n) is 12.0. The van der Waals surface area contributed by atoms with Gasteiger partial charge >= 0.3 is 17.9 Å². The first kappa shape index (κ1) is 40.1. The maximum atomic E-state index is 13.3. The Balaban J connectivity index is 2.75. The molecule has 0 aliphatic heterocycles. The zero-order chi connectivity index (χ0) is 34.3. The molecule has 0 spiro atoms. The lowest BCUT2D eigenvalue weighted by atomic mass is 9.87. The number of rotatable bonds is 26. The van der Waals surface area contributed by atoms with Gasteiger partial charge in [-0.25, -0.2) is 4.79 Å². The number of unbranched alkanes of at least 4 members (excludes halogenated alkanes) is 8. The van der Waals surface area contributed by atoms with Crippen LogP contribution >= 0.6 is 0 Å². The molecule has 0 heterocycles. The van der Waals surface area contributed by atoms with Gasteiger partial charge in [-0.3, -0.25) is 19.2 Å². The average Bonchev–Trinajstić information content (AvgIpc) is 2.99. The van der Waals surface area contributed by atoms with Crippen molar-refractivity contribution >= 4 is 29.6 Å². The highest BCUT2D eigenvalue weighted by Crippen LogP contribution is 2.21. The number of Topliss-reactive ketones (excluding diaryl/α,β-unsaturated/α-hetero) is 1. The molecule has 256 valence electrons. The van der Waals surface area contributed by atoms with Crippen LogP contribution in [-0.2, 0) is 30.4 Å². The van der Waals surface area contributed by atoms with E-state index in [1.165, 1.54) is 25.3 Å². The number of hydrogen-bond acceptors (Lipinski definition) is 6. The molecule has 10 heteroatoms. The van der Waals surface area contributed by atoms with Crippen LogP contribution in [0.25, 0.3) is 0 Å². The number of carboxylic acids is 3. The normalized spacial score (nSPS) is 13.0. The van der Waals surface area contributed by atoms with Gasteiger partial charge in [-0.15, -0.1) is 0 Å². The van der Waals surface area contributed by atoms with Gasteiger partial charge in [0.25, 0.3) is 0 Å². The van der Waals surface area contributed by atoms with Crippen LogP contribution in [0.1, 0.15) is 110 Å². The summed E-state index contributed by atoms with van der Waals surface area (Å²) < 4.78 is 5.62. The van der Waals surface area contributed by atoms with E-state index in [1.54, 1.807) is 30.3 Å². The van der Waals surface area contributed by atoms with Gasteiger partial charge in [0.2, 0.25) is 5.91 Å². The summed E-state index contributed by atoms with van der Waals surface area (Å²) in [7, 11) is 0. The van der Waals surface area contributed by atoms with Crippen LogP contribution < -0.4 is 10.1 Å². The minimum absolute atomic E-state index is 0.0657. The fourth-order valence-corrected chi connectivity index (χ4v) is 4.92. The molecule has 0 aliphatic rings. The van der Waals surface area contributed by atoms with Gasteiger partial charge in [-0.2, -0.15) is 0 Å². The van der Waals surface area contributed by atoms with Crippen LogP contribution in [0.5, 0.6) is 5.75 Å². The summed E-state index contributed by atoms with van der Waals surface area (Å²) in [5.41, 5.74) is 1.73. The summed E-state index contributed by atoms with van der Waals surface area (Å²) in [6, 6.07) is 5.40. The lowest BCUT2D eigenvalue weighted by Crippen LogP contribution is -2.47. The van der Waals surface area contributed by atoms with Crippen molar-refractivity contribution < 1.29 is 44.0 Å². The van der Waals surface area contributed by atoms with Crippen molar-refractivity contribution in [3.8, 4) is 5.75 Å². The second-order valence-corrected chi connectivity index (χ2v) is 12.0. The number of carboxylic acid groups (broad SMARTS) is 3. The number of carbonyl (C=O) groups excluding carboxylic acids is 2. The Morgan fingerprint density at radius 3 is 1.98 bits per heavy atom. The molecule has 2 unspecified atom stereocenters. The van der Waals surface area contributed by atoms with Gasteiger partial charge in [0, 0.05) is 19.3 Å². The first-order valence-electron chi connectivity index (χ1n) is 16.5. The van der Waals surface area contributed by atoms with Gasteiger partial charge in [0.1, 0.15) is 24.2 Å². The maximum absolute atomic E-state index is 13.3. The fraction of sp³-hybridized carbons (Fsp3) is 0.583. The summed E-state index contributed by atoms with van der Waals surface area (Å²) >= 11 is 0. The van der Waals surface area contributed by atoms with E-state index in [1.807, 2.05) is 19.9 Å². The molecule has 0 saturated carbocycles. The summed E-state index contributed by atoms with van der Waals surface area (Å²) in [5.74, 6) is -7.07. The van der Waals surface area contributed by atoms with Crippen molar-refractivity contribution in [3.05, 3.63) is 53.6 Å². The molecule has 1 rings (SSSR count). The number of ether oxygens (including phenoxy) is 1. The molecule has 4 N–H and O–H groups in total. The fourth-order valence-electron chi connectivity index (χ4n) is 4.92. The van der Waals surface area contributed by atoms with Crippen LogP contribution in [-0.4, -0.2) is 57.6 Å². The third-order valence-corrected chi connectivity index (χ3v) is 7.65. The van der Waals surface area contributed by atoms with Crippen molar-refractivity contribution in [1.29, 1.82) is 0 Å². The number of amides is 1. The van der Waals surface area contributed by atoms with E-state index in [0.29, 0.717) is 43.0 Å². The van der Waals surface area contributed by atoms with Crippen LogP contribution in [0.3, 0.4) is 0 Å². The largest absolute Gasteiger partial charge is 0.490 e. The lowest BCUT2D eigenvalue weighted by Gasteiger charge is -2.22. The molecule has 0 bridgehead atoms. The maximum Gasteiger partial charge on any atom is 0.326 e. The number of hydrogen-bond donors (Lipinski definition) is 4. The zero-order valence-corrected chi connectivity index (χ0v) is 27.7. The monoisotopic (exact) mass is 643 g/mol. The van der Waals surface area contributed by atoms with Gasteiger partial charge in [0.15, 0.2) is 0 Å². The predicted molar refractivity (Wildman–Crippen MR) is 177 cm³/mol. The molecule has 0 radical (unpaired) electrons. The number of benzene rings is 1. The minimum atomic E-state index is -1.58. The Morgan fingerprint density at radius 2 is 1.43 bits per heavy atom. The van der Waals surface area contributed by atoms with E-state index in [0.717, 1.165) is 44.1 Å². The highest BCUT2D eigenvalue weighted by Gasteiger charge is 2.35. The van der Waals surface area contributed by atoms with E-state index >= 15 is 0 Å². The molecular formula is C36H53NO9. The molecule has 46 heavy (non-hydrogen) atoms. The van der Waals surface area contributed by atoms with E-state index < -0.39 is 48.1 Å². The highest BCUT2D eigenvalue weighted by atomic mass is 16.5. The Hall–Kier alpha value is -3.95. The van der Waals surface area contributed by atoms with E-state index in [9.17, 15) is 39.3 Å². The van der Waals surface area contributed by atoms with Crippen LogP contribution in [0.15, 0.2) is 48.1 Å². The third-order valence-electron chi connectivity index (χ3n) is 7.65. The zero-order valence-electron chi connectivity index (χ0n) is 27.7. The number of ketones is 1. The van der Waals surface area contributed by atoms with Crippen LogP contribution in [0, 0.1) is 11.8 Å². The Kier molecular flexibility index (Phi) is 20.4. The van der Waals surface area contributed by atoms with Gasteiger partial charge in [0.05, 0.1) is 18.3 Å². The molecule has 10 nitrogen and oxygen atoms in total. The van der Waals surface area contributed by atoms with E-state index in [-0.39, 0.29) is 6.42 Å². The second kappa shape index (κ2) is 23.4. The smallest absolute Gasteiger partial charge is 0.326 e. The van der Waals surface area contributed by atoms with Gasteiger partial charge in [-0.05, 0) is 63.3 Å². The molecule has 1 amide bonds. The number of carbonyl (C=O) groups is 5. The van der Waals surface area contributed by atoms with Gasteiger partial charge < -0.3 is 25.4 Å². The molecule has 0 aliphatic carbocycles. The summed E-state index contributed by atoms with van der Waals surface area (Å²) in [6.45, 7) is 6.47. The van der Waals surface area contributed by atoms with E-state index in [2.05, 4.69) is 12.2 Å². The Labute approximate surface area is 273 Å². The van der Waals surface area contributed by atoms with Crippen LogP contribution in [0.2, 0.25) is 0 Å². The van der Waals surface area contributed by atoms with Gasteiger partial charge in [-0.1, -0.05) is 75.3 Å². The number of nitrogens with one attached hydrogen (secondary N) is 1. The molecule has 3 atom stereocenters. The van der Waals surface area contributed by atoms with E-state index in [4.69, 9.17) is 4.74 Å². The van der Waals surface area contributed by atoms with Crippen molar-refractivity contribution in [2.75, 3.05) is 6.61 Å². The Morgan fingerprint density at radius 1 is 0.826 bits per heavy atom. The average molecular weight is 644 g/mol. The third kappa shape index (κ3) is 18.1. The minimum Gasteiger partial charge on any atom is -0.490 e. The van der Waals surface area contributed by atoms with Crippen molar-refractivity contribution in [3.63, 3.8) is 0 Å². The predicted octanol–water partition coefficient (Wildman–Crippen LogP) is 6.76. The first-order valence-corrected chi connectivity index (χ1v) is 16.5. The molecule has 1 aromatic rings. The molecule has 1 aromatic carbocycles. The summed E-state index contributed by atoms with van der Waals surface area (Å²) in [4.78, 5) is 60.7. The molecule has 0 saturated heterocycles. The molecule has 0 aromatic heterocycles. The summed E-state index contributed by atoms with van der Waals surface area (Å²) in [6.07, 6.45) is 14.7. The van der Waals surface area contributed by atoms with Crippen molar-refractivity contribution in [2.24, 2.45) is 11.8 Å². The quantitative estimate of drug-likeness (QED) is 0.0630. The molecule has 0 fully saturated rings. The SMILES string of the molecule is CCCCCCCC(=O)CCCCCC/C=C/C(C(=O)NC(Cc1ccc(OCC=C(C)C)cc1)C(=O)O)[C@@H](CC(=O)O)C(=O)O. The van der Waals surface area contributed by atoms with Crippen molar-refractivity contribution in [1.82, 2.24) is 5.32 Å². The summed E-state index contributed by atoms with van der Waals surface area (Å²) in [5, 5.41) is 31.3.